The van der Waals surface area contributed by atoms with Crippen LogP contribution in [0.15, 0.2) is 29.0 Å². The van der Waals surface area contributed by atoms with Crippen molar-refractivity contribution in [3.8, 4) is 0 Å². The van der Waals surface area contributed by atoms with Gasteiger partial charge in [-0.15, -0.1) is 0 Å². The van der Waals surface area contributed by atoms with Crippen LogP contribution in [-0.2, 0) is 4.74 Å². The number of ether oxygens (including phenoxy) is 1. The number of aromatic nitrogens is 1. The summed E-state index contributed by atoms with van der Waals surface area (Å²) < 4.78 is 10.8. The molecule has 23 heavy (non-hydrogen) atoms. The summed E-state index contributed by atoms with van der Waals surface area (Å²) in [6, 6.07) is 4.55. The Balaban J connectivity index is 1.84. The number of hydrogen-bond acceptors (Lipinski definition) is 5. The van der Waals surface area contributed by atoms with Gasteiger partial charge in [-0.05, 0) is 37.5 Å². The highest BCUT2D eigenvalue weighted by Crippen LogP contribution is 2.31. The Kier molecular flexibility index (Phi) is 4.12. The van der Waals surface area contributed by atoms with Crippen LogP contribution in [0.1, 0.15) is 51.1 Å². The zero-order chi connectivity index (χ0) is 16.4. The molecule has 2 N–H and O–H groups in total. The van der Waals surface area contributed by atoms with Crippen LogP contribution >= 0.6 is 0 Å². The van der Waals surface area contributed by atoms with Gasteiger partial charge in [0.2, 0.25) is 0 Å². The zero-order valence-electron chi connectivity index (χ0n) is 12.5. The molecule has 1 aliphatic heterocycles. The Labute approximate surface area is 132 Å². The summed E-state index contributed by atoms with van der Waals surface area (Å²) in [4.78, 5) is 27.5. The number of hydrogen-bond donors (Lipinski definition) is 2. The van der Waals surface area contributed by atoms with E-state index in [9.17, 15) is 9.59 Å². The van der Waals surface area contributed by atoms with E-state index in [4.69, 9.17) is 14.3 Å². The molecule has 0 aliphatic carbocycles. The summed E-state index contributed by atoms with van der Waals surface area (Å²) in [6.07, 6.45) is 2.64. The maximum Gasteiger partial charge on any atom is 0.335 e. The summed E-state index contributed by atoms with van der Waals surface area (Å²) in [5.74, 6) is -1.09. The fraction of sp³-hybridized carbons (Fsp3) is 0.312. The Bertz CT molecular complexity index is 747. The molecule has 7 nitrogen and oxygen atoms in total. The lowest BCUT2D eigenvalue weighted by Gasteiger charge is -2.10. The first-order valence-corrected chi connectivity index (χ1v) is 7.26. The number of aromatic carboxylic acids is 1. The highest BCUT2D eigenvalue weighted by Gasteiger charge is 2.28. The maximum atomic E-state index is 12.4. The van der Waals surface area contributed by atoms with Gasteiger partial charge in [-0.3, -0.25) is 4.79 Å². The summed E-state index contributed by atoms with van der Waals surface area (Å²) >= 11 is 0. The number of nitrogens with one attached hydrogen (secondary N) is 1. The molecule has 1 aliphatic rings. The molecule has 1 amide bonds. The van der Waals surface area contributed by atoms with Crippen LogP contribution in [0.3, 0.4) is 0 Å². The number of carbonyl (C=O) groups is 2. The van der Waals surface area contributed by atoms with Gasteiger partial charge in [0.1, 0.15) is 6.10 Å². The molecule has 7 heteroatoms. The minimum Gasteiger partial charge on any atom is -0.478 e. The van der Waals surface area contributed by atoms with Gasteiger partial charge in [-0.1, -0.05) is 6.07 Å². The summed E-state index contributed by atoms with van der Waals surface area (Å²) in [7, 11) is 0. The van der Waals surface area contributed by atoms with Gasteiger partial charge < -0.3 is 19.6 Å². The van der Waals surface area contributed by atoms with E-state index in [0.29, 0.717) is 18.1 Å². The lowest BCUT2D eigenvalue weighted by Crippen LogP contribution is -2.16. The van der Waals surface area contributed by atoms with Crippen molar-refractivity contribution in [1.29, 1.82) is 0 Å². The number of rotatable bonds is 4. The lowest BCUT2D eigenvalue weighted by molar-refractivity contribution is 0.0696. The predicted molar refractivity (Wildman–Crippen MR) is 80.5 cm³/mol. The molecule has 1 atom stereocenters. The third-order valence-electron chi connectivity index (χ3n) is 3.76. The SMILES string of the molecule is Cc1ccc(C(=O)O)cc1NC(=O)c1ncoc1[C@@H]1CCCO1. The fourth-order valence-electron chi connectivity index (χ4n) is 2.51. The van der Waals surface area contributed by atoms with E-state index in [1.807, 2.05) is 0 Å². The van der Waals surface area contributed by atoms with Crippen molar-refractivity contribution in [3.63, 3.8) is 0 Å². The topological polar surface area (TPSA) is 102 Å². The Morgan fingerprint density at radius 2 is 2.22 bits per heavy atom. The molecule has 1 fully saturated rings. The summed E-state index contributed by atoms with van der Waals surface area (Å²) in [6.45, 7) is 2.41. The second kappa shape index (κ2) is 6.21. The van der Waals surface area contributed by atoms with E-state index in [1.54, 1.807) is 13.0 Å². The zero-order valence-corrected chi connectivity index (χ0v) is 12.5. The van der Waals surface area contributed by atoms with Gasteiger partial charge in [-0.25, -0.2) is 9.78 Å². The molecular weight excluding hydrogens is 300 g/mol. The first kappa shape index (κ1) is 15.2. The normalized spacial score (nSPS) is 17.2. The van der Waals surface area contributed by atoms with Crippen LogP contribution in [0, 0.1) is 6.92 Å². The molecule has 0 bridgehead atoms. The molecule has 1 aromatic carbocycles. The van der Waals surface area contributed by atoms with Crippen molar-refractivity contribution in [1.82, 2.24) is 4.98 Å². The molecule has 2 heterocycles. The second-order valence-electron chi connectivity index (χ2n) is 5.36. The molecular formula is C16H16N2O5. The van der Waals surface area contributed by atoms with Crippen LogP contribution in [0.4, 0.5) is 5.69 Å². The predicted octanol–water partition coefficient (Wildman–Crippen LogP) is 2.79. The lowest BCUT2D eigenvalue weighted by atomic mass is 10.1. The number of carboxylic acid groups (broad SMARTS) is 1. The summed E-state index contributed by atoms with van der Waals surface area (Å²) in [5.41, 5.74) is 1.45. The standard InChI is InChI=1S/C16H16N2O5/c1-9-4-5-10(16(20)21)7-11(9)18-15(19)13-14(23-8-17-13)12-3-2-6-22-12/h4-5,7-8,12H,2-3,6H2,1H3,(H,18,19)(H,20,21)/t12-/m0/s1. The van der Waals surface area contributed by atoms with Crippen molar-refractivity contribution >= 4 is 17.6 Å². The maximum absolute atomic E-state index is 12.4. The molecule has 3 rings (SSSR count). The molecule has 0 saturated carbocycles. The van der Waals surface area contributed by atoms with Gasteiger partial charge >= 0.3 is 5.97 Å². The Hall–Kier alpha value is -2.67. The van der Waals surface area contributed by atoms with Gasteiger partial charge in [0.05, 0.1) is 5.56 Å². The smallest absolute Gasteiger partial charge is 0.335 e. The highest BCUT2D eigenvalue weighted by atomic mass is 16.5. The number of anilines is 1. The molecule has 1 aromatic heterocycles. The van der Waals surface area contributed by atoms with Gasteiger partial charge in [0.25, 0.3) is 5.91 Å². The Morgan fingerprint density at radius 3 is 2.91 bits per heavy atom. The van der Waals surface area contributed by atoms with Crippen LogP contribution in [0.25, 0.3) is 0 Å². The average molecular weight is 316 g/mol. The number of oxazole rings is 1. The minimum absolute atomic E-state index is 0.102. The Morgan fingerprint density at radius 1 is 1.39 bits per heavy atom. The van der Waals surface area contributed by atoms with Crippen molar-refractivity contribution in [2.24, 2.45) is 0 Å². The minimum atomic E-state index is -1.05. The van der Waals surface area contributed by atoms with Crippen LogP contribution in [0.2, 0.25) is 0 Å². The first-order chi connectivity index (χ1) is 11.1. The van der Waals surface area contributed by atoms with Crippen molar-refractivity contribution in [3.05, 3.63) is 47.2 Å². The van der Waals surface area contributed by atoms with E-state index in [2.05, 4.69) is 10.3 Å². The van der Waals surface area contributed by atoms with Crippen LogP contribution in [-0.4, -0.2) is 28.6 Å². The van der Waals surface area contributed by atoms with Gasteiger partial charge in [0, 0.05) is 12.3 Å². The average Bonchev–Trinajstić information content (AvgIpc) is 3.19. The van der Waals surface area contributed by atoms with E-state index < -0.39 is 11.9 Å². The van der Waals surface area contributed by atoms with Crippen molar-refractivity contribution < 1.29 is 23.8 Å². The van der Waals surface area contributed by atoms with Gasteiger partial charge in [-0.2, -0.15) is 0 Å². The molecule has 120 valence electrons. The molecule has 1 saturated heterocycles. The van der Waals surface area contributed by atoms with E-state index >= 15 is 0 Å². The van der Waals surface area contributed by atoms with Crippen LogP contribution in [0.5, 0.6) is 0 Å². The molecule has 2 aromatic rings. The van der Waals surface area contributed by atoms with E-state index in [-0.39, 0.29) is 17.4 Å². The molecule has 0 unspecified atom stereocenters. The number of nitrogens with zero attached hydrogens (tertiary/aromatic N) is 1. The number of carbonyl (C=O) groups excluding carboxylic acids is 1. The third-order valence-corrected chi connectivity index (χ3v) is 3.76. The quantitative estimate of drug-likeness (QED) is 0.899. The number of carboxylic acids is 1. The van der Waals surface area contributed by atoms with Crippen LogP contribution < -0.4 is 5.32 Å². The second-order valence-corrected chi connectivity index (χ2v) is 5.36. The number of benzene rings is 1. The van der Waals surface area contributed by atoms with Crippen molar-refractivity contribution in [2.45, 2.75) is 25.9 Å². The van der Waals surface area contributed by atoms with E-state index in [1.165, 1.54) is 18.5 Å². The first-order valence-electron chi connectivity index (χ1n) is 7.26. The molecule has 0 radical (unpaired) electrons. The number of amides is 1. The van der Waals surface area contributed by atoms with E-state index in [0.717, 1.165) is 18.4 Å². The highest BCUT2D eigenvalue weighted by molar-refractivity contribution is 6.04. The largest absolute Gasteiger partial charge is 0.478 e. The van der Waals surface area contributed by atoms with Crippen molar-refractivity contribution in [2.75, 3.05) is 11.9 Å². The monoisotopic (exact) mass is 316 g/mol. The number of aryl methyl sites for hydroxylation is 1. The molecule has 0 spiro atoms. The fourth-order valence-corrected chi connectivity index (χ4v) is 2.51. The third kappa shape index (κ3) is 3.09. The van der Waals surface area contributed by atoms with Gasteiger partial charge in [0.15, 0.2) is 17.8 Å². The summed E-state index contributed by atoms with van der Waals surface area (Å²) in [5, 5.41) is 11.7.